The molecule has 1 aromatic heterocycles. The van der Waals surface area contributed by atoms with Gasteiger partial charge in [-0.15, -0.1) is 0 Å². The number of nitro benzene ring substituents is 1. The molecule has 0 saturated carbocycles. The van der Waals surface area contributed by atoms with Crippen LogP contribution < -0.4 is 0 Å². The van der Waals surface area contributed by atoms with Crippen molar-refractivity contribution in [2.75, 3.05) is 7.05 Å². The van der Waals surface area contributed by atoms with E-state index in [0.29, 0.717) is 12.1 Å². The third kappa shape index (κ3) is 3.17. The highest BCUT2D eigenvalue weighted by Crippen LogP contribution is 2.15. The summed E-state index contributed by atoms with van der Waals surface area (Å²) < 4.78 is 0. The van der Waals surface area contributed by atoms with Gasteiger partial charge < -0.3 is 4.90 Å². The molecule has 1 aromatic carbocycles. The summed E-state index contributed by atoms with van der Waals surface area (Å²) in [5, 5.41) is 10.7. The van der Waals surface area contributed by atoms with Crippen molar-refractivity contribution in [3.05, 3.63) is 70.0 Å². The van der Waals surface area contributed by atoms with Crippen LogP contribution in [0.5, 0.6) is 0 Å². The fraction of sp³-hybridized carbons (Fsp3) is 0.143. The predicted molar refractivity (Wildman–Crippen MR) is 73.1 cm³/mol. The number of benzene rings is 1. The minimum atomic E-state index is -0.516. The highest BCUT2D eigenvalue weighted by atomic mass is 16.6. The normalized spacial score (nSPS) is 10.1. The van der Waals surface area contributed by atoms with Gasteiger partial charge in [0.05, 0.1) is 4.92 Å². The maximum atomic E-state index is 12.2. The first-order valence-corrected chi connectivity index (χ1v) is 5.97. The lowest BCUT2D eigenvalue weighted by Crippen LogP contribution is -2.26. The number of carbonyl (C=O) groups is 1. The van der Waals surface area contributed by atoms with Crippen LogP contribution in [0, 0.1) is 10.1 Å². The second kappa shape index (κ2) is 5.92. The standard InChI is InChI=1S/C14H13N3O3/c1-16(10-11-4-3-7-15-9-11)14(18)12-5-2-6-13(8-12)17(19)20/h2-9H,10H2,1H3. The average Bonchev–Trinajstić information content (AvgIpc) is 2.47. The first-order chi connectivity index (χ1) is 9.58. The number of nitro groups is 1. The predicted octanol–water partition coefficient (Wildman–Crippen LogP) is 2.26. The molecule has 2 rings (SSSR count). The van der Waals surface area contributed by atoms with Crippen molar-refractivity contribution in [1.82, 2.24) is 9.88 Å². The molecular weight excluding hydrogens is 258 g/mol. The molecule has 2 aromatic rings. The van der Waals surface area contributed by atoms with Crippen LogP contribution in [-0.2, 0) is 6.54 Å². The van der Waals surface area contributed by atoms with E-state index in [1.807, 2.05) is 6.07 Å². The smallest absolute Gasteiger partial charge is 0.270 e. The third-order valence-electron chi connectivity index (χ3n) is 2.79. The number of amides is 1. The molecule has 0 radical (unpaired) electrons. The quantitative estimate of drug-likeness (QED) is 0.631. The number of aromatic nitrogens is 1. The molecule has 0 aliphatic rings. The van der Waals surface area contributed by atoms with E-state index in [4.69, 9.17) is 0 Å². The van der Waals surface area contributed by atoms with Gasteiger partial charge in [-0.1, -0.05) is 12.1 Å². The first-order valence-electron chi connectivity index (χ1n) is 5.97. The van der Waals surface area contributed by atoms with E-state index in [-0.39, 0.29) is 11.6 Å². The van der Waals surface area contributed by atoms with Crippen LogP contribution in [0.15, 0.2) is 48.8 Å². The van der Waals surface area contributed by atoms with Gasteiger partial charge >= 0.3 is 0 Å². The van der Waals surface area contributed by atoms with Gasteiger partial charge in [0.2, 0.25) is 0 Å². The van der Waals surface area contributed by atoms with Gasteiger partial charge in [-0.05, 0) is 17.7 Å². The van der Waals surface area contributed by atoms with Crippen molar-refractivity contribution in [1.29, 1.82) is 0 Å². The molecule has 0 unspecified atom stereocenters. The van der Waals surface area contributed by atoms with Gasteiger partial charge in [-0.3, -0.25) is 19.9 Å². The Labute approximate surface area is 115 Å². The highest BCUT2D eigenvalue weighted by Gasteiger charge is 2.15. The molecule has 20 heavy (non-hydrogen) atoms. The third-order valence-corrected chi connectivity index (χ3v) is 2.79. The van der Waals surface area contributed by atoms with Gasteiger partial charge in [0.15, 0.2) is 0 Å². The summed E-state index contributed by atoms with van der Waals surface area (Å²) in [5.41, 5.74) is 1.10. The topological polar surface area (TPSA) is 76.3 Å². The lowest BCUT2D eigenvalue weighted by atomic mass is 10.1. The minimum Gasteiger partial charge on any atom is -0.337 e. The Bertz CT molecular complexity index is 629. The Morgan fingerprint density at radius 3 is 2.80 bits per heavy atom. The van der Waals surface area contributed by atoms with Crippen LogP contribution in [0.2, 0.25) is 0 Å². The van der Waals surface area contributed by atoms with E-state index in [0.717, 1.165) is 5.56 Å². The van der Waals surface area contributed by atoms with Gasteiger partial charge in [-0.2, -0.15) is 0 Å². The zero-order valence-corrected chi connectivity index (χ0v) is 10.9. The Morgan fingerprint density at radius 2 is 2.15 bits per heavy atom. The van der Waals surface area contributed by atoms with Crippen LogP contribution in [-0.4, -0.2) is 27.8 Å². The second-order valence-electron chi connectivity index (χ2n) is 4.33. The molecular formula is C14H13N3O3. The summed E-state index contributed by atoms with van der Waals surface area (Å²) in [7, 11) is 1.65. The molecule has 6 nitrogen and oxygen atoms in total. The van der Waals surface area contributed by atoms with E-state index >= 15 is 0 Å². The first kappa shape index (κ1) is 13.7. The number of pyridine rings is 1. The van der Waals surface area contributed by atoms with Crippen molar-refractivity contribution < 1.29 is 9.72 Å². The molecule has 1 amide bonds. The number of rotatable bonds is 4. The van der Waals surface area contributed by atoms with Crippen molar-refractivity contribution in [3.63, 3.8) is 0 Å². The molecule has 6 heteroatoms. The van der Waals surface area contributed by atoms with Gasteiger partial charge in [0.1, 0.15) is 0 Å². The van der Waals surface area contributed by atoms with Crippen LogP contribution in [0.1, 0.15) is 15.9 Å². The molecule has 1 heterocycles. The van der Waals surface area contributed by atoms with Crippen LogP contribution in [0.25, 0.3) is 0 Å². The van der Waals surface area contributed by atoms with Gasteiger partial charge in [0.25, 0.3) is 11.6 Å². The monoisotopic (exact) mass is 271 g/mol. The Hall–Kier alpha value is -2.76. The summed E-state index contributed by atoms with van der Waals surface area (Å²) in [4.78, 5) is 27.9. The molecule has 0 spiro atoms. The molecule has 0 saturated heterocycles. The summed E-state index contributed by atoms with van der Waals surface area (Å²) in [6, 6.07) is 9.36. The highest BCUT2D eigenvalue weighted by molar-refractivity contribution is 5.94. The minimum absolute atomic E-state index is 0.0920. The Balaban J connectivity index is 2.14. The zero-order valence-electron chi connectivity index (χ0n) is 10.9. The molecule has 0 bridgehead atoms. The van der Waals surface area contributed by atoms with Gasteiger partial charge in [-0.25, -0.2) is 0 Å². The van der Waals surface area contributed by atoms with Crippen molar-refractivity contribution in [2.24, 2.45) is 0 Å². The Kier molecular flexibility index (Phi) is 4.05. The molecule has 0 aliphatic heterocycles. The molecule has 0 aliphatic carbocycles. The number of hydrogen-bond acceptors (Lipinski definition) is 4. The lowest BCUT2D eigenvalue weighted by Gasteiger charge is -2.17. The van der Waals surface area contributed by atoms with E-state index in [1.54, 1.807) is 31.6 Å². The molecule has 0 atom stereocenters. The SMILES string of the molecule is CN(Cc1cccnc1)C(=O)c1cccc([N+](=O)[O-])c1. The van der Waals surface area contributed by atoms with Crippen LogP contribution >= 0.6 is 0 Å². The fourth-order valence-corrected chi connectivity index (χ4v) is 1.81. The van der Waals surface area contributed by atoms with Crippen LogP contribution in [0.3, 0.4) is 0 Å². The molecule has 0 fully saturated rings. The average molecular weight is 271 g/mol. The zero-order chi connectivity index (χ0) is 14.5. The van der Waals surface area contributed by atoms with Crippen LogP contribution in [0.4, 0.5) is 5.69 Å². The van der Waals surface area contributed by atoms with Crippen molar-refractivity contribution in [2.45, 2.75) is 6.54 Å². The summed E-state index contributed by atoms with van der Waals surface area (Å²) in [6.45, 7) is 0.398. The molecule has 0 N–H and O–H groups in total. The van der Waals surface area contributed by atoms with E-state index in [1.165, 1.54) is 23.1 Å². The fourth-order valence-electron chi connectivity index (χ4n) is 1.81. The number of carbonyl (C=O) groups excluding carboxylic acids is 1. The lowest BCUT2D eigenvalue weighted by molar-refractivity contribution is -0.384. The maximum absolute atomic E-state index is 12.2. The van der Waals surface area contributed by atoms with E-state index < -0.39 is 4.92 Å². The van der Waals surface area contributed by atoms with Crippen molar-refractivity contribution in [3.8, 4) is 0 Å². The maximum Gasteiger partial charge on any atom is 0.270 e. The van der Waals surface area contributed by atoms with E-state index in [2.05, 4.69) is 4.98 Å². The van der Waals surface area contributed by atoms with E-state index in [9.17, 15) is 14.9 Å². The number of non-ortho nitro benzene ring substituents is 1. The van der Waals surface area contributed by atoms with Crippen molar-refractivity contribution >= 4 is 11.6 Å². The summed E-state index contributed by atoms with van der Waals surface area (Å²) >= 11 is 0. The molecule has 102 valence electrons. The number of hydrogen-bond donors (Lipinski definition) is 0. The van der Waals surface area contributed by atoms with Gasteiger partial charge in [0, 0.05) is 43.7 Å². The number of nitrogens with zero attached hydrogens (tertiary/aromatic N) is 3. The second-order valence-corrected chi connectivity index (χ2v) is 4.33. The summed E-state index contributed by atoms with van der Waals surface area (Å²) in [6.07, 6.45) is 3.34. The summed E-state index contributed by atoms with van der Waals surface area (Å²) in [5.74, 6) is -0.266. The Morgan fingerprint density at radius 1 is 1.35 bits per heavy atom. The largest absolute Gasteiger partial charge is 0.337 e.